The van der Waals surface area contributed by atoms with Crippen molar-refractivity contribution in [3.8, 4) is 11.5 Å². The van der Waals surface area contributed by atoms with Crippen molar-refractivity contribution >= 4 is 39.0 Å². The highest BCUT2D eigenvalue weighted by Crippen LogP contribution is 2.32. The third kappa shape index (κ3) is 5.63. The molecule has 1 fully saturated rings. The standard InChI is InChI=1S/C25H26ClN3O5S/c1-33-20-13-18(14-21(16-20)34-2)17-28-11-6-12-29(25(28)30)24-10-4-3-9-23(24)27-35(31,32)22-8-5-7-19(26)15-22/h3-5,7-10,13-16,27H,6,11-12,17H2,1-2H3. The summed E-state index contributed by atoms with van der Waals surface area (Å²) in [5.74, 6) is 1.28. The van der Waals surface area contributed by atoms with Gasteiger partial charge < -0.3 is 14.4 Å². The lowest BCUT2D eigenvalue weighted by Crippen LogP contribution is -2.49. The lowest BCUT2D eigenvalue weighted by molar-refractivity contribution is 0.192. The van der Waals surface area contributed by atoms with Gasteiger partial charge in [0.15, 0.2) is 0 Å². The van der Waals surface area contributed by atoms with Gasteiger partial charge in [0.25, 0.3) is 10.0 Å². The fourth-order valence-electron chi connectivity index (χ4n) is 3.96. The van der Waals surface area contributed by atoms with Crippen LogP contribution >= 0.6 is 11.6 Å². The third-order valence-electron chi connectivity index (χ3n) is 5.64. The van der Waals surface area contributed by atoms with Crippen LogP contribution in [0.15, 0.2) is 71.6 Å². The minimum absolute atomic E-state index is 0.0402. The molecule has 4 rings (SSSR count). The van der Waals surface area contributed by atoms with Crippen LogP contribution in [-0.2, 0) is 16.6 Å². The number of hydrogen-bond acceptors (Lipinski definition) is 5. The Morgan fingerprint density at radius 3 is 2.34 bits per heavy atom. The largest absolute Gasteiger partial charge is 0.497 e. The van der Waals surface area contributed by atoms with Gasteiger partial charge in [-0.05, 0) is 54.4 Å². The molecule has 0 radical (unpaired) electrons. The number of carbonyl (C=O) groups excluding carboxylic acids is 1. The number of amides is 2. The van der Waals surface area contributed by atoms with Crippen LogP contribution in [0.5, 0.6) is 11.5 Å². The molecule has 2 amide bonds. The number of urea groups is 1. The number of nitrogens with zero attached hydrogens (tertiary/aromatic N) is 2. The first kappa shape index (κ1) is 24.7. The second-order valence-electron chi connectivity index (χ2n) is 8.01. The third-order valence-corrected chi connectivity index (χ3v) is 7.24. The molecule has 0 aromatic heterocycles. The van der Waals surface area contributed by atoms with Crippen LogP contribution in [-0.4, -0.2) is 46.7 Å². The smallest absolute Gasteiger partial charge is 0.324 e. The van der Waals surface area contributed by atoms with Gasteiger partial charge in [-0.3, -0.25) is 9.62 Å². The highest BCUT2D eigenvalue weighted by molar-refractivity contribution is 7.92. The van der Waals surface area contributed by atoms with Crippen molar-refractivity contribution in [2.24, 2.45) is 0 Å². The molecule has 3 aromatic carbocycles. The normalized spacial score (nSPS) is 14.1. The first-order chi connectivity index (χ1) is 16.8. The zero-order valence-electron chi connectivity index (χ0n) is 19.4. The van der Waals surface area contributed by atoms with E-state index < -0.39 is 10.0 Å². The van der Waals surface area contributed by atoms with Crippen molar-refractivity contribution in [2.45, 2.75) is 17.9 Å². The number of carbonyl (C=O) groups is 1. The monoisotopic (exact) mass is 515 g/mol. The number of para-hydroxylation sites is 2. The first-order valence-corrected chi connectivity index (χ1v) is 12.8. The molecule has 1 aliphatic rings. The summed E-state index contributed by atoms with van der Waals surface area (Å²) in [6.07, 6.45) is 0.724. The zero-order chi connectivity index (χ0) is 25.0. The van der Waals surface area contributed by atoms with E-state index in [2.05, 4.69) is 4.72 Å². The summed E-state index contributed by atoms with van der Waals surface area (Å²) in [4.78, 5) is 16.8. The SMILES string of the molecule is COc1cc(CN2CCCN(c3ccccc3NS(=O)(=O)c3cccc(Cl)c3)C2=O)cc(OC)c1. The van der Waals surface area contributed by atoms with Gasteiger partial charge in [0, 0.05) is 30.7 Å². The fraction of sp³-hybridized carbons (Fsp3) is 0.240. The molecule has 35 heavy (non-hydrogen) atoms. The van der Waals surface area contributed by atoms with E-state index >= 15 is 0 Å². The van der Waals surface area contributed by atoms with Crippen molar-refractivity contribution < 1.29 is 22.7 Å². The van der Waals surface area contributed by atoms with Gasteiger partial charge in [-0.2, -0.15) is 0 Å². The Kier molecular flexibility index (Phi) is 7.37. The Hall–Kier alpha value is -3.43. The van der Waals surface area contributed by atoms with E-state index in [1.807, 2.05) is 12.1 Å². The maximum Gasteiger partial charge on any atom is 0.324 e. The van der Waals surface area contributed by atoms with Gasteiger partial charge in [0.05, 0.1) is 30.5 Å². The van der Waals surface area contributed by atoms with Crippen molar-refractivity contribution in [3.63, 3.8) is 0 Å². The number of hydrogen-bond donors (Lipinski definition) is 1. The Balaban J connectivity index is 1.59. The van der Waals surface area contributed by atoms with Gasteiger partial charge in [0.1, 0.15) is 11.5 Å². The number of methoxy groups -OCH3 is 2. The summed E-state index contributed by atoms with van der Waals surface area (Å²) in [5, 5.41) is 0.317. The lowest BCUT2D eigenvalue weighted by Gasteiger charge is -2.36. The summed E-state index contributed by atoms with van der Waals surface area (Å²) in [7, 11) is -0.752. The van der Waals surface area contributed by atoms with Gasteiger partial charge in [-0.15, -0.1) is 0 Å². The number of rotatable bonds is 8. The summed E-state index contributed by atoms with van der Waals surface area (Å²) < 4.78 is 39.3. The van der Waals surface area contributed by atoms with E-state index in [-0.39, 0.29) is 10.9 Å². The topological polar surface area (TPSA) is 88.2 Å². The molecule has 1 aliphatic heterocycles. The van der Waals surface area contributed by atoms with Gasteiger partial charge in [-0.1, -0.05) is 29.8 Å². The Morgan fingerprint density at radius 1 is 0.943 bits per heavy atom. The summed E-state index contributed by atoms with van der Waals surface area (Å²) in [6.45, 7) is 1.40. The minimum atomic E-state index is -3.91. The number of halogens is 1. The van der Waals surface area contributed by atoms with Gasteiger partial charge in [0.2, 0.25) is 0 Å². The van der Waals surface area contributed by atoms with Crippen molar-refractivity contribution in [1.29, 1.82) is 0 Å². The van der Waals surface area contributed by atoms with E-state index in [0.717, 1.165) is 12.0 Å². The van der Waals surface area contributed by atoms with Gasteiger partial charge in [-0.25, -0.2) is 13.2 Å². The molecule has 0 spiro atoms. The summed E-state index contributed by atoms with van der Waals surface area (Å²) >= 11 is 5.98. The summed E-state index contributed by atoms with van der Waals surface area (Å²) in [6, 6.07) is 18.2. The molecule has 10 heteroatoms. The number of nitrogens with one attached hydrogen (secondary N) is 1. The Bertz CT molecular complexity index is 1310. The lowest BCUT2D eigenvalue weighted by atomic mass is 10.1. The second-order valence-corrected chi connectivity index (χ2v) is 10.1. The van der Waals surface area contributed by atoms with Crippen molar-refractivity contribution in [2.75, 3.05) is 36.9 Å². The molecule has 0 atom stereocenters. The molecule has 1 heterocycles. The molecule has 0 aliphatic carbocycles. The zero-order valence-corrected chi connectivity index (χ0v) is 21.0. The Labute approximate surface area is 210 Å². The van der Waals surface area contributed by atoms with E-state index in [1.165, 1.54) is 12.1 Å². The average Bonchev–Trinajstić information content (AvgIpc) is 2.85. The predicted molar refractivity (Wildman–Crippen MR) is 136 cm³/mol. The van der Waals surface area contributed by atoms with Crippen LogP contribution in [0, 0.1) is 0 Å². The van der Waals surface area contributed by atoms with Crippen molar-refractivity contribution in [1.82, 2.24) is 4.90 Å². The molecule has 0 unspecified atom stereocenters. The molecular formula is C25H26ClN3O5S. The van der Waals surface area contributed by atoms with E-state index in [9.17, 15) is 13.2 Å². The minimum Gasteiger partial charge on any atom is -0.497 e. The Morgan fingerprint density at radius 2 is 1.66 bits per heavy atom. The van der Waals surface area contributed by atoms with Gasteiger partial charge >= 0.3 is 6.03 Å². The van der Waals surface area contributed by atoms with Crippen LogP contribution < -0.4 is 19.1 Å². The number of benzene rings is 3. The number of sulfonamides is 1. The molecule has 0 saturated carbocycles. The predicted octanol–water partition coefficient (Wildman–Crippen LogP) is 4.99. The molecule has 3 aromatic rings. The fourth-order valence-corrected chi connectivity index (χ4v) is 5.34. The maximum absolute atomic E-state index is 13.5. The van der Waals surface area contributed by atoms with Crippen LogP contribution in [0.2, 0.25) is 5.02 Å². The summed E-state index contributed by atoms with van der Waals surface area (Å²) in [5.41, 5.74) is 1.66. The number of ether oxygens (including phenoxy) is 2. The molecule has 1 saturated heterocycles. The molecule has 184 valence electrons. The molecule has 1 N–H and O–H groups in total. The average molecular weight is 516 g/mol. The van der Waals surface area contributed by atoms with E-state index in [0.29, 0.717) is 47.5 Å². The van der Waals surface area contributed by atoms with Crippen molar-refractivity contribution in [3.05, 3.63) is 77.3 Å². The second kappa shape index (κ2) is 10.5. The van der Waals surface area contributed by atoms with E-state index in [1.54, 1.807) is 66.5 Å². The molecule has 8 nitrogen and oxygen atoms in total. The van der Waals surface area contributed by atoms with E-state index in [4.69, 9.17) is 21.1 Å². The van der Waals surface area contributed by atoms with Crippen LogP contribution in [0.4, 0.5) is 16.2 Å². The molecular weight excluding hydrogens is 490 g/mol. The number of anilines is 2. The maximum atomic E-state index is 13.5. The van der Waals surface area contributed by atoms with Crippen LogP contribution in [0.25, 0.3) is 0 Å². The quantitative estimate of drug-likeness (QED) is 0.456. The highest BCUT2D eigenvalue weighted by Gasteiger charge is 2.29. The highest BCUT2D eigenvalue weighted by atomic mass is 35.5. The van der Waals surface area contributed by atoms with Crippen LogP contribution in [0.3, 0.4) is 0 Å². The molecule has 0 bridgehead atoms. The van der Waals surface area contributed by atoms with Crippen LogP contribution in [0.1, 0.15) is 12.0 Å². The first-order valence-electron chi connectivity index (χ1n) is 11.0.